The minimum Gasteiger partial charge on any atom is -0.427 e. The summed E-state index contributed by atoms with van der Waals surface area (Å²) >= 11 is 0. The topological polar surface area (TPSA) is 101 Å². The lowest BCUT2D eigenvalue weighted by Crippen LogP contribution is -1.99. The second-order valence-electron chi connectivity index (χ2n) is 7.19. The first-order valence-electron chi connectivity index (χ1n) is 9.30. The van der Waals surface area contributed by atoms with Gasteiger partial charge in [0.05, 0.1) is 5.52 Å². The van der Waals surface area contributed by atoms with Crippen LogP contribution in [0.1, 0.15) is 22.3 Å². The number of aromatic nitrogens is 2. The van der Waals surface area contributed by atoms with Crippen LogP contribution in [0.5, 0.6) is 5.75 Å². The molecular weight excluding hydrogens is 385 g/mol. The predicted octanol–water partition coefficient (Wildman–Crippen LogP) is 4.36. The van der Waals surface area contributed by atoms with Gasteiger partial charge >= 0.3 is 8.60 Å². The van der Waals surface area contributed by atoms with E-state index in [0.717, 1.165) is 51.3 Å². The highest BCUT2D eigenvalue weighted by Crippen LogP contribution is 2.31. The van der Waals surface area contributed by atoms with E-state index in [1.807, 2.05) is 38.2 Å². The lowest BCUT2D eigenvalue weighted by molar-refractivity contribution is 0.375. The van der Waals surface area contributed by atoms with Gasteiger partial charge in [-0.3, -0.25) is 4.98 Å². The Hall–Kier alpha value is -2.79. The minimum absolute atomic E-state index is 0.448. The van der Waals surface area contributed by atoms with E-state index >= 15 is 0 Å². The molecule has 0 aliphatic heterocycles. The number of aryl methyl sites for hydroxylation is 4. The maximum absolute atomic E-state index is 8.99. The first-order chi connectivity index (χ1) is 13.9. The number of hydrogen-bond donors (Lipinski definition) is 3. The first kappa shape index (κ1) is 19.5. The Balaban J connectivity index is 1.63. The lowest BCUT2D eigenvalue weighted by Gasteiger charge is -2.11. The zero-order valence-electron chi connectivity index (χ0n) is 16.3. The molecule has 0 amide bonds. The molecule has 29 heavy (non-hydrogen) atoms. The number of nitrogens with two attached hydrogens (primary N) is 1. The molecule has 0 spiro atoms. The van der Waals surface area contributed by atoms with Gasteiger partial charge in [0.25, 0.3) is 0 Å². The Labute approximate surface area is 170 Å². The zero-order valence-corrected chi connectivity index (χ0v) is 17.1. The standard InChI is InChI=1S/C22H22N3O3P/c1-13-3-8-18-19-11-15(12-24-21(19)22(23)25-20(18)9-13)4-5-16-6-7-17(10-14(16)2)28-29(26)27/h3,6-12,26-27H,4-5H2,1-2H3,(H2,23,25). The summed E-state index contributed by atoms with van der Waals surface area (Å²) in [6, 6.07) is 13.9. The smallest absolute Gasteiger partial charge is 0.391 e. The quantitative estimate of drug-likeness (QED) is 0.336. The van der Waals surface area contributed by atoms with E-state index in [1.54, 1.807) is 6.07 Å². The van der Waals surface area contributed by atoms with Crippen LogP contribution in [-0.4, -0.2) is 19.8 Å². The normalized spacial score (nSPS) is 11.5. The molecule has 0 saturated carbocycles. The van der Waals surface area contributed by atoms with E-state index in [-0.39, 0.29) is 0 Å². The largest absolute Gasteiger partial charge is 0.427 e. The summed E-state index contributed by atoms with van der Waals surface area (Å²) < 4.78 is 4.97. The number of nitrogens with zero attached hydrogens (tertiary/aromatic N) is 2. The molecule has 148 valence electrons. The molecule has 4 N–H and O–H groups in total. The van der Waals surface area contributed by atoms with Crippen molar-refractivity contribution in [1.29, 1.82) is 0 Å². The average molecular weight is 407 g/mol. The summed E-state index contributed by atoms with van der Waals surface area (Å²) in [5.41, 5.74) is 12.2. The van der Waals surface area contributed by atoms with Gasteiger partial charge < -0.3 is 20.0 Å². The third kappa shape index (κ3) is 4.15. The molecule has 0 aliphatic carbocycles. The second kappa shape index (κ2) is 7.91. The summed E-state index contributed by atoms with van der Waals surface area (Å²) in [6.07, 6.45) is 3.52. The van der Waals surface area contributed by atoms with Crippen LogP contribution >= 0.6 is 8.60 Å². The van der Waals surface area contributed by atoms with Gasteiger partial charge in [0.15, 0.2) is 5.82 Å². The van der Waals surface area contributed by atoms with Crippen molar-refractivity contribution >= 4 is 36.2 Å². The van der Waals surface area contributed by atoms with Crippen molar-refractivity contribution in [2.45, 2.75) is 26.7 Å². The van der Waals surface area contributed by atoms with E-state index in [9.17, 15) is 0 Å². The molecule has 6 nitrogen and oxygen atoms in total. The van der Waals surface area contributed by atoms with Crippen LogP contribution < -0.4 is 10.3 Å². The monoisotopic (exact) mass is 407 g/mol. The highest BCUT2D eigenvalue weighted by atomic mass is 31.2. The number of benzene rings is 2. The van der Waals surface area contributed by atoms with Crippen LogP contribution in [0.15, 0.2) is 48.7 Å². The third-order valence-corrected chi connectivity index (χ3v) is 5.43. The van der Waals surface area contributed by atoms with E-state index in [1.165, 1.54) is 5.56 Å². The van der Waals surface area contributed by atoms with Crippen molar-refractivity contribution < 1.29 is 14.3 Å². The van der Waals surface area contributed by atoms with E-state index < -0.39 is 8.60 Å². The maximum Gasteiger partial charge on any atom is 0.391 e. The number of pyridine rings is 2. The van der Waals surface area contributed by atoms with Gasteiger partial charge in [0.2, 0.25) is 0 Å². The van der Waals surface area contributed by atoms with Gasteiger partial charge in [-0.15, -0.1) is 0 Å². The van der Waals surface area contributed by atoms with Crippen LogP contribution in [0.2, 0.25) is 0 Å². The Morgan fingerprint density at radius 1 is 1.00 bits per heavy atom. The molecule has 2 aromatic heterocycles. The fourth-order valence-corrected chi connectivity index (χ4v) is 3.88. The number of nitrogen functional groups attached to an aromatic ring is 1. The van der Waals surface area contributed by atoms with Gasteiger partial charge in [-0.05, 0) is 73.2 Å². The Kier molecular flexibility index (Phi) is 5.33. The average Bonchev–Trinajstić information content (AvgIpc) is 2.66. The summed E-state index contributed by atoms with van der Waals surface area (Å²) in [5, 5.41) is 2.07. The molecule has 7 heteroatoms. The molecule has 0 atom stereocenters. The van der Waals surface area contributed by atoms with E-state index in [2.05, 4.69) is 28.2 Å². The van der Waals surface area contributed by atoms with E-state index in [4.69, 9.17) is 20.0 Å². The molecule has 4 rings (SSSR count). The van der Waals surface area contributed by atoms with Crippen LogP contribution in [0.3, 0.4) is 0 Å². The van der Waals surface area contributed by atoms with Crippen LogP contribution in [-0.2, 0) is 12.8 Å². The van der Waals surface area contributed by atoms with Crippen molar-refractivity contribution in [1.82, 2.24) is 9.97 Å². The molecule has 0 bridgehead atoms. The number of fused-ring (bicyclic) bond motifs is 3. The Morgan fingerprint density at radius 3 is 2.59 bits per heavy atom. The summed E-state index contributed by atoms with van der Waals surface area (Å²) in [6.45, 7) is 4.02. The molecule has 0 aliphatic rings. The fourth-order valence-electron chi connectivity index (χ4n) is 3.58. The van der Waals surface area contributed by atoms with Crippen molar-refractivity contribution in [3.8, 4) is 5.75 Å². The van der Waals surface area contributed by atoms with Crippen molar-refractivity contribution in [2.75, 3.05) is 5.73 Å². The Morgan fingerprint density at radius 2 is 1.83 bits per heavy atom. The Bertz CT molecular complexity index is 1210. The fraction of sp³-hybridized carbons (Fsp3) is 0.182. The van der Waals surface area contributed by atoms with Crippen molar-refractivity contribution in [3.05, 3.63) is 70.9 Å². The lowest BCUT2D eigenvalue weighted by atomic mass is 9.99. The summed E-state index contributed by atoms with van der Waals surface area (Å²) in [7, 11) is -2.40. The van der Waals surface area contributed by atoms with Crippen molar-refractivity contribution in [2.24, 2.45) is 0 Å². The number of rotatable bonds is 5. The molecule has 4 aromatic rings. The van der Waals surface area contributed by atoms with Gasteiger partial charge in [0, 0.05) is 17.0 Å². The van der Waals surface area contributed by atoms with Gasteiger partial charge in [-0.25, -0.2) is 4.98 Å². The van der Waals surface area contributed by atoms with Crippen LogP contribution in [0.25, 0.3) is 21.8 Å². The van der Waals surface area contributed by atoms with Gasteiger partial charge in [-0.2, -0.15) is 0 Å². The number of hydrogen-bond acceptors (Lipinski definition) is 6. The highest BCUT2D eigenvalue weighted by molar-refractivity contribution is 7.39. The predicted molar refractivity (Wildman–Crippen MR) is 117 cm³/mol. The van der Waals surface area contributed by atoms with Gasteiger partial charge in [0.1, 0.15) is 11.3 Å². The van der Waals surface area contributed by atoms with Crippen LogP contribution in [0, 0.1) is 13.8 Å². The first-order valence-corrected chi connectivity index (χ1v) is 10.5. The van der Waals surface area contributed by atoms with Gasteiger partial charge in [-0.1, -0.05) is 18.2 Å². The minimum atomic E-state index is -2.40. The molecule has 0 radical (unpaired) electrons. The zero-order chi connectivity index (χ0) is 20.5. The third-order valence-electron chi connectivity index (χ3n) is 5.06. The molecular formula is C22H22N3O3P. The summed E-state index contributed by atoms with van der Waals surface area (Å²) in [4.78, 5) is 27.1. The number of anilines is 1. The summed E-state index contributed by atoms with van der Waals surface area (Å²) in [5.74, 6) is 0.906. The second-order valence-corrected chi connectivity index (χ2v) is 7.88. The molecule has 0 fully saturated rings. The van der Waals surface area contributed by atoms with Crippen LogP contribution in [0.4, 0.5) is 5.82 Å². The molecule has 2 aromatic carbocycles. The highest BCUT2D eigenvalue weighted by Gasteiger charge is 2.10. The molecule has 2 heterocycles. The maximum atomic E-state index is 8.99. The molecule has 0 saturated heterocycles. The van der Waals surface area contributed by atoms with Crippen molar-refractivity contribution in [3.63, 3.8) is 0 Å². The SMILES string of the molecule is Cc1ccc2c(c1)nc(N)c1ncc(CCc3ccc(OP(O)O)cc3C)cc12. The molecule has 0 unspecified atom stereocenters. The van der Waals surface area contributed by atoms with E-state index in [0.29, 0.717) is 11.6 Å².